The van der Waals surface area contributed by atoms with Crippen molar-refractivity contribution in [2.45, 2.75) is 33.3 Å². The van der Waals surface area contributed by atoms with Gasteiger partial charge in [-0.05, 0) is 32.9 Å². The average molecular weight is 360 g/mol. The highest BCUT2D eigenvalue weighted by molar-refractivity contribution is 6.05. The van der Waals surface area contributed by atoms with E-state index < -0.39 is 11.7 Å². The number of nitrogens with zero attached hydrogens (tertiary/aromatic N) is 2. The van der Waals surface area contributed by atoms with Crippen LogP contribution in [0.15, 0.2) is 24.5 Å². The Morgan fingerprint density at radius 3 is 1.92 bits per heavy atom. The van der Waals surface area contributed by atoms with E-state index in [0.29, 0.717) is 22.8 Å². The maximum atomic E-state index is 12.5. The molecule has 2 amide bonds. The van der Waals surface area contributed by atoms with Gasteiger partial charge in [0, 0.05) is 33.4 Å². The van der Waals surface area contributed by atoms with Gasteiger partial charge in [0.25, 0.3) is 5.91 Å². The Hall–Kier alpha value is -3.03. The van der Waals surface area contributed by atoms with E-state index in [4.69, 9.17) is 4.74 Å². The van der Waals surface area contributed by atoms with Crippen LogP contribution in [0.25, 0.3) is 0 Å². The number of rotatable bonds is 4. The molecule has 0 aliphatic carbocycles. The van der Waals surface area contributed by atoms with Crippen molar-refractivity contribution in [3.63, 3.8) is 0 Å². The molecular formula is C18H24N4O4. The second-order valence-corrected chi connectivity index (χ2v) is 7.09. The normalized spacial score (nSPS) is 11.2. The van der Waals surface area contributed by atoms with Gasteiger partial charge in [-0.15, -0.1) is 0 Å². The zero-order chi connectivity index (χ0) is 19.6. The van der Waals surface area contributed by atoms with E-state index in [2.05, 4.69) is 10.6 Å². The summed E-state index contributed by atoms with van der Waals surface area (Å²) in [4.78, 5) is 35.8. The van der Waals surface area contributed by atoms with Crippen molar-refractivity contribution in [2.75, 3.05) is 10.6 Å². The molecule has 0 aliphatic rings. The van der Waals surface area contributed by atoms with Gasteiger partial charge < -0.3 is 19.2 Å². The van der Waals surface area contributed by atoms with Crippen molar-refractivity contribution in [3.8, 4) is 0 Å². The van der Waals surface area contributed by atoms with Crippen LogP contribution in [0.5, 0.6) is 0 Å². The molecule has 0 fully saturated rings. The van der Waals surface area contributed by atoms with Crippen molar-refractivity contribution < 1.29 is 19.1 Å². The van der Waals surface area contributed by atoms with Crippen LogP contribution in [0.4, 0.5) is 16.2 Å². The van der Waals surface area contributed by atoms with Crippen LogP contribution in [0.1, 0.15) is 48.7 Å². The fourth-order valence-corrected chi connectivity index (χ4v) is 2.46. The number of carbonyl (C=O) groups excluding carboxylic acids is 3. The van der Waals surface area contributed by atoms with Gasteiger partial charge in [-0.1, -0.05) is 0 Å². The number of hydrogen-bond acceptors (Lipinski definition) is 4. The van der Waals surface area contributed by atoms with Crippen LogP contribution < -0.4 is 10.6 Å². The standard InChI is InChI=1S/C18H24N4O4/c1-11(23)14-7-12(9-21(14)5)19-16(24)15-8-13(10-22(15)6)20-17(25)26-18(2,3)4/h7-10H,1-6H3,(H,19,24)(H,20,25). The number of aryl methyl sites for hydroxylation is 2. The molecule has 26 heavy (non-hydrogen) atoms. The van der Waals surface area contributed by atoms with Gasteiger partial charge in [0.1, 0.15) is 11.3 Å². The molecule has 0 saturated carbocycles. The van der Waals surface area contributed by atoms with Crippen molar-refractivity contribution in [3.05, 3.63) is 35.9 Å². The molecule has 0 aliphatic heterocycles. The van der Waals surface area contributed by atoms with Crippen LogP contribution in [0, 0.1) is 0 Å². The van der Waals surface area contributed by atoms with Gasteiger partial charge in [0.2, 0.25) is 0 Å². The third-order valence-electron chi connectivity index (χ3n) is 3.51. The van der Waals surface area contributed by atoms with Gasteiger partial charge >= 0.3 is 6.09 Å². The fourth-order valence-electron chi connectivity index (χ4n) is 2.46. The molecule has 0 spiro atoms. The van der Waals surface area contributed by atoms with Crippen LogP contribution in [0.2, 0.25) is 0 Å². The van der Waals surface area contributed by atoms with E-state index in [0.717, 1.165) is 0 Å². The van der Waals surface area contributed by atoms with E-state index >= 15 is 0 Å². The summed E-state index contributed by atoms with van der Waals surface area (Å²) in [5.41, 5.74) is 1.21. The van der Waals surface area contributed by atoms with Crippen molar-refractivity contribution in [1.29, 1.82) is 0 Å². The Morgan fingerprint density at radius 1 is 0.923 bits per heavy atom. The molecule has 0 atom stereocenters. The summed E-state index contributed by atoms with van der Waals surface area (Å²) in [6.45, 7) is 6.77. The molecule has 0 bridgehead atoms. The van der Waals surface area contributed by atoms with E-state index in [9.17, 15) is 14.4 Å². The molecule has 2 rings (SSSR count). The maximum absolute atomic E-state index is 12.5. The van der Waals surface area contributed by atoms with Crippen molar-refractivity contribution >= 4 is 29.2 Å². The van der Waals surface area contributed by atoms with E-state index in [1.807, 2.05) is 0 Å². The van der Waals surface area contributed by atoms with Gasteiger partial charge in [-0.3, -0.25) is 14.9 Å². The molecule has 0 unspecified atom stereocenters. The lowest BCUT2D eigenvalue weighted by Gasteiger charge is -2.19. The molecule has 2 heterocycles. The summed E-state index contributed by atoms with van der Waals surface area (Å²) in [7, 11) is 3.43. The lowest BCUT2D eigenvalue weighted by molar-refractivity contribution is 0.0635. The predicted molar refractivity (Wildman–Crippen MR) is 98.6 cm³/mol. The molecule has 8 nitrogen and oxygen atoms in total. The Kier molecular flexibility index (Phi) is 5.25. The number of ether oxygens (including phenoxy) is 1. The third kappa shape index (κ3) is 4.75. The predicted octanol–water partition coefficient (Wildman–Crippen LogP) is 3.17. The minimum atomic E-state index is -0.610. The van der Waals surface area contributed by atoms with Gasteiger partial charge in [0.15, 0.2) is 5.78 Å². The molecule has 0 aromatic carbocycles. The largest absolute Gasteiger partial charge is 0.444 e. The number of carbonyl (C=O) groups is 3. The number of ketones is 1. The molecule has 0 saturated heterocycles. The van der Waals surface area contributed by atoms with Crippen LogP contribution in [0.3, 0.4) is 0 Å². The minimum absolute atomic E-state index is 0.0873. The summed E-state index contributed by atoms with van der Waals surface area (Å²) in [6.07, 6.45) is 2.69. The Balaban J connectivity index is 2.10. The Morgan fingerprint density at radius 2 is 1.42 bits per heavy atom. The highest BCUT2D eigenvalue weighted by Crippen LogP contribution is 2.18. The second-order valence-electron chi connectivity index (χ2n) is 7.09. The first-order valence-electron chi connectivity index (χ1n) is 8.11. The molecule has 140 valence electrons. The van der Waals surface area contributed by atoms with E-state index in [-0.39, 0.29) is 11.7 Å². The summed E-state index contributed by atoms with van der Waals surface area (Å²) < 4.78 is 8.44. The summed E-state index contributed by atoms with van der Waals surface area (Å²) in [5, 5.41) is 5.34. The lowest BCUT2D eigenvalue weighted by Crippen LogP contribution is -2.27. The number of amides is 2. The maximum Gasteiger partial charge on any atom is 0.412 e. The zero-order valence-electron chi connectivity index (χ0n) is 15.8. The quantitative estimate of drug-likeness (QED) is 0.819. The molecule has 2 N–H and O–H groups in total. The number of anilines is 2. The van der Waals surface area contributed by atoms with Crippen LogP contribution >= 0.6 is 0 Å². The third-order valence-corrected chi connectivity index (χ3v) is 3.51. The molecule has 2 aromatic heterocycles. The molecule has 2 aromatic rings. The summed E-state index contributed by atoms with van der Waals surface area (Å²) >= 11 is 0. The molecular weight excluding hydrogens is 336 g/mol. The van der Waals surface area contributed by atoms with Crippen LogP contribution in [-0.4, -0.2) is 32.5 Å². The summed E-state index contributed by atoms with van der Waals surface area (Å²) in [6, 6.07) is 3.16. The first kappa shape index (κ1) is 19.3. The van der Waals surface area contributed by atoms with Crippen LogP contribution in [-0.2, 0) is 18.8 Å². The number of hydrogen-bond donors (Lipinski definition) is 2. The zero-order valence-corrected chi connectivity index (χ0v) is 15.8. The number of Topliss-reactive ketones (excluding diaryl/α,β-unsaturated/α-hetero) is 1. The van der Waals surface area contributed by atoms with E-state index in [1.54, 1.807) is 68.5 Å². The van der Waals surface area contributed by atoms with Gasteiger partial charge in [-0.2, -0.15) is 0 Å². The lowest BCUT2D eigenvalue weighted by atomic mass is 10.2. The van der Waals surface area contributed by atoms with E-state index in [1.165, 1.54) is 6.92 Å². The van der Waals surface area contributed by atoms with Gasteiger partial charge in [0.05, 0.1) is 17.1 Å². The van der Waals surface area contributed by atoms with Crippen molar-refractivity contribution in [2.24, 2.45) is 14.1 Å². The number of aromatic nitrogens is 2. The monoisotopic (exact) mass is 360 g/mol. The Bertz CT molecular complexity index is 855. The second kappa shape index (κ2) is 7.07. The Labute approximate surface area is 152 Å². The SMILES string of the molecule is CC(=O)c1cc(NC(=O)c2cc(NC(=O)OC(C)(C)C)cn2C)cn1C. The van der Waals surface area contributed by atoms with Crippen molar-refractivity contribution in [1.82, 2.24) is 9.13 Å². The minimum Gasteiger partial charge on any atom is -0.444 e. The number of nitrogens with one attached hydrogen (secondary N) is 2. The summed E-state index contributed by atoms with van der Waals surface area (Å²) in [5.74, 6) is -0.443. The fraction of sp³-hybridized carbons (Fsp3) is 0.389. The topological polar surface area (TPSA) is 94.4 Å². The first-order valence-corrected chi connectivity index (χ1v) is 8.11. The highest BCUT2D eigenvalue weighted by Gasteiger charge is 2.19. The average Bonchev–Trinajstić information content (AvgIpc) is 2.99. The molecule has 8 heteroatoms. The smallest absolute Gasteiger partial charge is 0.412 e. The highest BCUT2D eigenvalue weighted by atomic mass is 16.6. The first-order chi connectivity index (χ1) is 12.0. The molecule has 0 radical (unpaired) electrons. The van der Waals surface area contributed by atoms with Gasteiger partial charge in [-0.25, -0.2) is 4.79 Å².